The highest BCUT2D eigenvalue weighted by molar-refractivity contribution is 9.10. The van der Waals surface area contributed by atoms with Crippen molar-refractivity contribution < 1.29 is 19.1 Å². The van der Waals surface area contributed by atoms with Crippen LogP contribution in [0.1, 0.15) is 24.4 Å². The first-order valence-corrected chi connectivity index (χ1v) is 6.64. The Morgan fingerprint density at radius 1 is 1.53 bits per heavy atom. The summed E-state index contributed by atoms with van der Waals surface area (Å²) >= 11 is 3.24. The van der Waals surface area contributed by atoms with E-state index in [0.717, 1.165) is 0 Å². The molecule has 1 aliphatic rings. The van der Waals surface area contributed by atoms with Gasteiger partial charge in [-0.1, -0.05) is 15.9 Å². The van der Waals surface area contributed by atoms with Gasteiger partial charge < -0.3 is 10.0 Å². The van der Waals surface area contributed by atoms with Gasteiger partial charge >= 0.3 is 5.97 Å². The van der Waals surface area contributed by atoms with Crippen molar-refractivity contribution in [3.8, 4) is 0 Å². The van der Waals surface area contributed by atoms with E-state index >= 15 is 0 Å². The van der Waals surface area contributed by atoms with Crippen LogP contribution in [0.4, 0.5) is 4.39 Å². The molecule has 19 heavy (non-hydrogen) atoms. The number of carbonyl (C=O) groups excluding carboxylic acids is 1. The van der Waals surface area contributed by atoms with Crippen LogP contribution in [-0.2, 0) is 9.59 Å². The number of carbonyl (C=O) groups is 2. The summed E-state index contributed by atoms with van der Waals surface area (Å²) < 4.78 is 14.6. The van der Waals surface area contributed by atoms with Crippen molar-refractivity contribution in [3.05, 3.63) is 34.1 Å². The molecule has 0 spiro atoms. The number of nitrogens with zero attached hydrogens (tertiary/aromatic N) is 1. The third-order valence-corrected chi connectivity index (χ3v) is 3.95. The summed E-state index contributed by atoms with van der Waals surface area (Å²) in [5.74, 6) is -2.46. The minimum absolute atomic E-state index is 0.165. The van der Waals surface area contributed by atoms with Crippen LogP contribution in [0.2, 0.25) is 0 Å². The quantitative estimate of drug-likeness (QED) is 0.907. The van der Waals surface area contributed by atoms with Gasteiger partial charge in [0.15, 0.2) is 0 Å². The summed E-state index contributed by atoms with van der Waals surface area (Å²) in [7, 11) is 1.52. The molecule has 102 valence electrons. The smallest absolute Gasteiger partial charge is 0.308 e. The van der Waals surface area contributed by atoms with Gasteiger partial charge in [-0.05, 0) is 24.6 Å². The molecule has 0 radical (unpaired) electrons. The van der Waals surface area contributed by atoms with Crippen molar-refractivity contribution in [2.45, 2.75) is 18.9 Å². The van der Waals surface area contributed by atoms with Gasteiger partial charge in [0.1, 0.15) is 5.82 Å². The van der Waals surface area contributed by atoms with Crippen molar-refractivity contribution in [3.63, 3.8) is 0 Å². The van der Waals surface area contributed by atoms with E-state index in [1.807, 2.05) is 0 Å². The summed E-state index contributed by atoms with van der Waals surface area (Å²) in [6.07, 6.45) is 0.411. The number of rotatable bonds is 2. The molecule has 2 unspecified atom stereocenters. The molecule has 1 aromatic carbocycles. The molecule has 1 saturated heterocycles. The molecule has 2 rings (SSSR count). The summed E-state index contributed by atoms with van der Waals surface area (Å²) in [6, 6.07) is 3.58. The lowest BCUT2D eigenvalue weighted by Gasteiger charge is -2.37. The largest absolute Gasteiger partial charge is 0.481 e. The topological polar surface area (TPSA) is 57.6 Å². The zero-order valence-electron chi connectivity index (χ0n) is 10.3. The lowest BCUT2D eigenvalue weighted by molar-refractivity contribution is -0.151. The molecule has 1 N–H and O–H groups in total. The van der Waals surface area contributed by atoms with Crippen LogP contribution < -0.4 is 0 Å². The van der Waals surface area contributed by atoms with E-state index in [-0.39, 0.29) is 24.3 Å². The Hall–Kier alpha value is -1.43. The van der Waals surface area contributed by atoms with Gasteiger partial charge in [-0.15, -0.1) is 0 Å². The average molecular weight is 330 g/mol. The number of halogens is 2. The number of benzene rings is 1. The van der Waals surface area contributed by atoms with Gasteiger partial charge in [-0.2, -0.15) is 0 Å². The first-order chi connectivity index (χ1) is 8.91. The SMILES string of the molecule is CN1C(=O)CCC(C(=O)O)C1c1cc(Br)ccc1F. The molecule has 0 aliphatic carbocycles. The zero-order valence-corrected chi connectivity index (χ0v) is 11.9. The Labute approximate surface area is 118 Å². The Morgan fingerprint density at radius 2 is 2.21 bits per heavy atom. The monoisotopic (exact) mass is 329 g/mol. The maximum atomic E-state index is 13.9. The second kappa shape index (κ2) is 5.28. The molecule has 1 amide bonds. The van der Waals surface area contributed by atoms with E-state index in [1.54, 1.807) is 6.07 Å². The Morgan fingerprint density at radius 3 is 2.84 bits per heavy atom. The van der Waals surface area contributed by atoms with Crippen LogP contribution in [0.3, 0.4) is 0 Å². The van der Waals surface area contributed by atoms with E-state index in [0.29, 0.717) is 4.47 Å². The number of carboxylic acids is 1. The molecule has 1 aliphatic heterocycles. The second-order valence-electron chi connectivity index (χ2n) is 4.60. The van der Waals surface area contributed by atoms with Gasteiger partial charge in [0.05, 0.1) is 12.0 Å². The first-order valence-electron chi connectivity index (χ1n) is 5.85. The van der Waals surface area contributed by atoms with Gasteiger partial charge in [0.25, 0.3) is 0 Å². The van der Waals surface area contributed by atoms with Crippen molar-refractivity contribution in [1.82, 2.24) is 4.90 Å². The van der Waals surface area contributed by atoms with E-state index in [2.05, 4.69) is 15.9 Å². The molecule has 1 heterocycles. The van der Waals surface area contributed by atoms with Crippen LogP contribution in [0.15, 0.2) is 22.7 Å². The molecule has 2 atom stereocenters. The Kier molecular flexibility index (Phi) is 3.89. The van der Waals surface area contributed by atoms with Gasteiger partial charge in [-0.3, -0.25) is 9.59 Å². The molecule has 1 fully saturated rings. The molecule has 1 aromatic rings. The maximum Gasteiger partial charge on any atom is 0.308 e. The predicted molar refractivity (Wildman–Crippen MR) is 70.0 cm³/mol. The minimum Gasteiger partial charge on any atom is -0.481 e. The Balaban J connectivity index is 2.49. The van der Waals surface area contributed by atoms with Crippen LogP contribution in [0, 0.1) is 11.7 Å². The van der Waals surface area contributed by atoms with Crippen molar-refractivity contribution in [2.24, 2.45) is 5.92 Å². The number of piperidine rings is 1. The molecule has 0 aromatic heterocycles. The third-order valence-electron chi connectivity index (χ3n) is 3.45. The summed E-state index contributed by atoms with van der Waals surface area (Å²) in [5, 5.41) is 9.26. The molecular formula is C13H13BrFNO3. The Bertz CT molecular complexity index is 535. The van der Waals surface area contributed by atoms with Gasteiger partial charge in [0.2, 0.25) is 5.91 Å². The van der Waals surface area contributed by atoms with E-state index in [1.165, 1.54) is 24.1 Å². The fraction of sp³-hybridized carbons (Fsp3) is 0.385. The summed E-state index contributed by atoms with van der Waals surface area (Å²) in [6.45, 7) is 0. The summed E-state index contributed by atoms with van der Waals surface area (Å²) in [5.41, 5.74) is 0.234. The molecule has 0 saturated carbocycles. The van der Waals surface area contributed by atoms with Crippen molar-refractivity contribution in [1.29, 1.82) is 0 Å². The number of hydrogen-bond donors (Lipinski definition) is 1. The number of hydrogen-bond acceptors (Lipinski definition) is 2. The predicted octanol–water partition coefficient (Wildman–Crippen LogP) is 2.58. The molecule has 0 bridgehead atoms. The van der Waals surface area contributed by atoms with Gasteiger partial charge in [0, 0.05) is 23.5 Å². The second-order valence-corrected chi connectivity index (χ2v) is 5.51. The van der Waals surface area contributed by atoms with Crippen molar-refractivity contribution >= 4 is 27.8 Å². The molecule has 4 nitrogen and oxygen atoms in total. The van der Waals surface area contributed by atoms with Crippen LogP contribution >= 0.6 is 15.9 Å². The van der Waals surface area contributed by atoms with Crippen LogP contribution in [0.5, 0.6) is 0 Å². The minimum atomic E-state index is -1.01. The maximum absolute atomic E-state index is 13.9. The van der Waals surface area contributed by atoms with Crippen LogP contribution in [0.25, 0.3) is 0 Å². The number of carboxylic acid groups (broad SMARTS) is 1. The number of aliphatic carboxylic acids is 1. The normalized spacial score (nSPS) is 23.5. The third kappa shape index (κ3) is 2.63. The molecule has 6 heteroatoms. The van der Waals surface area contributed by atoms with E-state index in [9.17, 15) is 19.1 Å². The number of likely N-dealkylation sites (tertiary alicyclic amines) is 1. The molecular weight excluding hydrogens is 317 g/mol. The highest BCUT2D eigenvalue weighted by Crippen LogP contribution is 2.37. The van der Waals surface area contributed by atoms with Gasteiger partial charge in [-0.25, -0.2) is 4.39 Å². The van der Waals surface area contributed by atoms with E-state index in [4.69, 9.17) is 0 Å². The fourth-order valence-corrected chi connectivity index (χ4v) is 2.84. The average Bonchev–Trinajstić information content (AvgIpc) is 2.35. The zero-order chi connectivity index (χ0) is 14.2. The number of amides is 1. The summed E-state index contributed by atoms with van der Waals surface area (Å²) in [4.78, 5) is 24.4. The lowest BCUT2D eigenvalue weighted by Crippen LogP contribution is -2.43. The highest BCUT2D eigenvalue weighted by atomic mass is 79.9. The van der Waals surface area contributed by atoms with Crippen LogP contribution in [-0.4, -0.2) is 28.9 Å². The first kappa shape index (κ1) is 14.0. The van der Waals surface area contributed by atoms with E-state index < -0.39 is 23.7 Å². The lowest BCUT2D eigenvalue weighted by atomic mass is 9.84. The highest BCUT2D eigenvalue weighted by Gasteiger charge is 2.40. The fourth-order valence-electron chi connectivity index (χ4n) is 2.46. The standard InChI is InChI=1S/C13H13BrFNO3/c1-16-11(17)5-3-8(13(18)19)12(16)9-6-7(14)2-4-10(9)15/h2,4,6,8,12H,3,5H2,1H3,(H,18,19). The van der Waals surface area contributed by atoms with Crippen molar-refractivity contribution in [2.75, 3.05) is 7.05 Å².